The molecule has 3 aromatic carbocycles. The highest BCUT2D eigenvalue weighted by atomic mass is 79.9. The minimum absolute atomic E-state index is 0.116. The van der Waals surface area contributed by atoms with Gasteiger partial charge in [0, 0.05) is 39.0 Å². The maximum absolute atomic E-state index is 6.08. The Kier molecular flexibility index (Phi) is 5.12. The molecule has 0 amide bonds. The third kappa shape index (κ3) is 3.57. The summed E-state index contributed by atoms with van der Waals surface area (Å²) in [4.78, 5) is 4.82. The average molecular weight is 448 g/mol. The van der Waals surface area contributed by atoms with E-state index in [1.54, 1.807) is 0 Å². The molecule has 0 atom stereocenters. The average Bonchev–Trinajstić information content (AvgIpc) is 3.08. The van der Waals surface area contributed by atoms with Crippen molar-refractivity contribution >= 4 is 50.5 Å². The van der Waals surface area contributed by atoms with Crippen molar-refractivity contribution in [2.75, 3.05) is 22.9 Å². The molecule has 0 saturated carbocycles. The number of benzene rings is 3. The molecule has 4 rings (SSSR count). The van der Waals surface area contributed by atoms with Crippen LogP contribution in [-0.2, 0) is 0 Å². The number of hydrogen-bond donors (Lipinski definition) is 0. The highest BCUT2D eigenvalue weighted by molar-refractivity contribution is 9.10. The van der Waals surface area contributed by atoms with E-state index in [2.05, 4.69) is 74.3 Å². The van der Waals surface area contributed by atoms with Gasteiger partial charge in [-0.3, -0.25) is 0 Å². The zero-order valence-corrected chi connectivity index (χ0v) is 17.0. The third-order valence-electron chi connectivity index (χ3n) is 4.66. The molecule has 0 aliphatic carbocycles. The second kappa shape index (κ2) is 7.51. The van der Waals surface area contributed by atoms with Gasteiger partial charge in [0.05, 0.1) is 0 Å². The van der Waals surface area contributed by atoms with Gasteiger partial charge in [0.1, 0.15) is 6.17 Å². The summed E-state index contributed by atoms with van der Waals surface area (Å²) in [6.07, 6.45) is 0.116. The van der Waals surface area contributed by atoms with E-state index in [0.717, 1.165) is 27.6 Å². The summed E-state index contributed by atoms with van der Waals surface area (Å²) in [5.41, 5.74) is 3.58. The lowest BCUT2D eigenvalue weighted by atomic mass is 10.1. The topological polar surface area (TPSA) is 6.48 Å². The van der Waals surface area contributed by atoms with E-state index in [4.69, 9.17) is 23.2 Å². The highest BCUT2D eigenvalue weighted by Crippen LogP contribution is 2.38. The van der Waals surface area contributed by atoms with Crippen LogP contribution in [0.25, 0.3) is 0 Å². The van der Waals surface area contributed by atoms with Gasteiger partial charge < -0.3 is 9.80 Å². The van der Waals surface area contributed by atoms with Crippen molar-refractivity contribution in [3.05, 3.63) is 92.9 Å². The summed E-state index contributed by atoms with van der Waals surface area (Å²) < 4.78 is 1.08. The molecule has 132 valence electrons. The van der Waals surface area contributed by atoms with Gasteiger partial charge >= 0.3 is 0 Å². The van der Waals surface area contributed by atoms with E-state index in [1.165, 1.54) is 16.9 Å². The van der Waals surface area contributed by atoms with Gasteiger partial charge in [-0.2, -0.15) is 0 Å². The number of anilines is 2. The lowest BCUT2D eigenvalue weighted by Gasteiger charge is -2.33. The molecule has 0 bridgehead atoms. The first-order chi connectivity index (χ1) is 12.6. The Balaban J connectivity index is 1.75. The summed E-state index contributed by atoms with van der Waals surface area (Å²) in [5.74, 6) is 0. The lowest BCUT2D eigenvalue weighted by molar-refractivity contribution is 0.717. The minimum Gasteiger partial charge on any atom is -0.346 e. The quantitative estimate of drug-likeness (QED) is 0.436. The fourth-order valence-electron chi connectivity index (χ4n) is 3.43. The zero-order chi connectivity index (χ0) is 18.1. The number of hydrogen-bond acceptors (Lipinski definition) is 2. The predicted octanol–water partition coefficient (Wildman–Crippen LogP) is 6.78. The molecule has 1 aliphatic heterocycles. The summed E-state index contributed by atoms with van der Waals surface area (Å²) in [6.45, 7) is 1.87. The maximum atomic E-state index is 6.08. The number of halogens is 3. The number of nitrogens with zero attached hydrogens (tertiary/aromatic N) is 2. The molecule has 1 saturated heterocycles. The van der Waals surface area contributed by atoms with Crippen LogP contribution in [0, 0.1) is 0 Å². The van der Waals surface area contributed by atoms with Crippen molar-refractivity contribution in [1.29, 1.82) is 0 Å². The Bertz CT molecular complexity index is 826. The van der Waals surface area contributed by atoms with Gasteiger partial charge in [-0.15, -0.1) is 0 Å². The Morgan fingerprint density at radius 1 is 0.654 bits per heavy atom. The van der Waals surface area contributed by atoms with Crippen LogP contribution in [0.1, 0.15) is 11.7 Å². The number of rotatable bonds is 3. The molecule has 1 fully saturated rings. The highest BCUT2D eigenvalue weighted by Gasteiger charge is 2.33. The normalized spacial score (nSPS) is 14.9. The summed E-state index contributed by atoms with van der Waals surface area (Å²) in [5, 5.41) is 1.50. The molecule has 3 aromatic rings. The summed E-state index contributed by atoms with van der Waals surface area (Å²) in [7, 11) is 0. The SMILES string of the molecule is Clc1ccc(N2CCN(c3ccc(Cl)cc3)C2c2ccc(Br)cc2)cc1. The van der Waals surface area contributed by atoms with E-state index in [9.17, 15) is 0 Å². The van der Waals surface area contributed by atoms with Crippen LogP contribution in [0.5, 0.6) is 0 Å². The van der Waals surface area contributed by atoms with E-state index < -0.39 is 0 Å². The molecule has 0 aromatic heterocycles. The van der Waals surface area contributed by atoms with Crippen LogP contribution in [0.15, 0.2) is 77.3 Å². The fraction of sp³-hybridized carbons (Fsp3) is 0.143. The van der Waals surface area contributed by atoms with Gasteiger partial charge in [0.15, 0.2) is 0 Å². The van der Waals surface area contributed by atoms with E-state index in [1.807, 2.05) is 24.3 Å². The molecular formula is C21H17BrCl2N2. The van der Waals surface area contributed by atoms with E-state index in [0.29, 0.717) is 0 Å². The standard InChI is InChI=1S/C21H17BrCl2N2/c22-16-3-1-15(2-4-16)21-25(19-9-5-17(23)6-10-19)13-14-26(21)20-11-7-18(24)8-12-20/h1-12,21H,13-14H2. The molecular weight excluding hydrogens is 431 g/mol. The van der Waals surface area contributed by atoms with Crippen LogP contribution >= 0.6 is 39.1 Å². The second-order valence-electron chi connectivity index (χ2n) is 6.26. The molecule has 26 heavy (non-hydrogen) atoms. The first-order valence-electron chi connectivity index (χ1n) is 8.42. The summed E-state index contributed by atoms with van der Waals surface area (Å²) >= 11 is 15.7. The molecule has 0 N–H and O–H groups in total. The van der Waals surface area contributed by atoms with Gasteiger partial charge in [-0.25, -0.2) is 0 Å². The first-order valence-corrected chi connectivity index (χ1v) is 9.96. The van der Waals surface area contributed by atoms with Crippen LogP contribution < -0.4 is 9.80 Å². The van der Waals surface area contributed by atoms with Crippen LogP contribution in [0.4, 0.5) is 11.4 Å². The Labute approximate surface area is 172 Å². The van der Waals surface area contributed by atoms with Gasteiger partial charge in [-0.05, 0) is 66.2 Å². The Hall–Kier alpha value is -1.68. The van der Waals surface area contributed by atoms with Crippen LogP contribution in [0.3, 0.4) is 0 Å². The van der Waals surface area contributed by atoms with Crippen LogP contribution in [-0.4, -0.2) is 13.1 Å². The summed E-state index contributed by atoms with van der Waals surface area (Å²) in [6, 6.07) is 24.6. The van der Waals surface area contributed by atoms with E-state index in [-0.39, 0.29) is 6.17 Å². The lowest BCUT2D eigenvalue weighted by Crippen LogP contribution is -2.30. The van der Waals surface area contributed by atoms with Gasteiger partial charge in [-0.1, -0.05) is 51.3 Å². The zero-order valence-electron chi connectivity index (χ0n) is 13.9. The smallest absolute Gasteiger partial charge is 0.128 e. The molecule has 0 spiro atoms. The van der Waals surface area contributed by atoms with Crippen molar-refractivity contribution in [3.63, 3.8) is 0 Å². The van der Waals surface area contributed by atoms with Gasteiger partial charge in [0.2, 0.25) is 0 Å². The van der Waals surface area contributed by atoms with Crippen molar-refractivity contribution in [3.8, 4) is 0 Å². The molecule has 2 nitrogen and oxygen atoms in total. The van der Waals surface area contributed by atoms with Gasteiger partial charge in [0.25, 0.3) is 0 Å². The van der Waals surface area contributed by atoms with Crippen molar-refractivity contribution in [2.45, 2.75) is 6.17 Å². The fourth-order valence-corrected chi connectivity index (χ4v) is 3.95. The molecule has 0 radical (unpaired) electrons. The molecule has 0 unspecified atom stereocenters. The van der Waals surface area contributed by atoms with Crippen molar-refractivity contribution in [2.24, 2.45) is 0 Å². The maximum Gasteiger partial charge on any atom is 0.128 e. The Morgan fingerprint density at radius 2 is 1.08 bits per heavy atom. The molecule has 5 heteroatoms. The monoisotopic (exact) mass is 446 g/mol. The first kappa shape index (κ1) is 17.7. The van der Waals surface area contributed by atoms with E-state index >= 15 is 0 Å². The molecule has 1 heterocycles. The molecule has 1 aliphatic rings. The largest absolute Gasteiger partial charge is 0.346 e. The third-order valence-corrected chi connectivity index (χ3v) is 5.69. The van der Waals surface area contributed by atoms with Crippen molar-refractivity contribution < 1.29 is 0 Å². The van der Waals surface area contributed by atoms with Crippen molar-refractivity contribution in [1.82, 2.24) is 0 Å². The minimum atomic E-state index is 0.116. The Morgan fingerprint density at radius 3 is 1.50 bits per heavy atom. The second-order valence-corrected chi connectivity index (χ2v) is 8.05. The predicted molar refractivity (Wildman–Crippen MR) is 114 cm³/mol. The van der Waals surface area contributed by atoms with Crippen LogP contribution in [0.2, 0.25) is 10.0 Å².